The second kappa shape index (κ2) is 10.1. The maximum Gasteiger partial charge on any atom is 0.301 e. The summed E-state index contributed by atoms with van der Waals surface area (Å²) in [5, 5.41) is 11.8. The molecule has 1 unspecified atom stereocenters. The van der Waals surface area contributed by atoms with Crippen LogP contribution >= 0.6 is 11.3 Å². The summed E-state index contributed by atoms with van der Waals surface area (Å²) >= 11 is 1.33. The first kappa shape index (κ1) is 24.5. The van der Waals surface area contributed by atoms with E-state index < -0.39 is 17.7 Å². The fourth-order valence-corrected chi connectivity index (χ4v) is 5.45. The molecule has 1 aromatic heterocycles. The average molecular weight is 515 g/mol. The molecule has 1 N–H and O–H groups in total. The molecule has 1 aliphatic rings. The lowest BCUT2D eigenvalue weighted by atomic mass is 9.95. The van der Waals surface area contributed by atoms with Crippen molar-refractivity contribution in [3.63, 3.8) is 0 Å². The fourth-order valence-electron chi connectivity index (χ4n) is 4.36. The van der Waals surface area contributed by atoms with E-state index in [1.54, 1.807) is 55.6 Å². The number of aromatic nitrogens is 1. The van der Waals surface area contributed by atoms with Gasteiger partial charge < -0.3 is 14.6 Å². The molecule has 0 radical (unpaired) electrons. The summed E-state index contributed by atoms with van der Waals surface area (Å²) in [7, 11) is 1.55. The zero-order valence-electron chi connectivity index (χ0n) is 20.7. The largest absolute Gasteiger partial charge is 0.507 e. The zero-order chi connectivity index (χ0) is 26.1. The number of thiazole rings is 1. The molecule has 3 aromatic carbocycles. The van der Waals surface area contributed by atoms with Gasteiger partial charge in [-0.05, 0) is 73.0 Å². The van der Waals surface area contributed by atoms with Crippen LogP contribution < -0.4 is 14.4 Å². The van der Waals surface area contributed by atoms with E-state index in [1.807, 2.05) is 32.0 Å². The highest BCUT2D eigenvalue weighted by Crippen LogP contribution is 2.45. The van der Waals surface area contributed by atoms with Crippen molar-refractivity contribution in [2.24, 2.45) is 0 Å². The lowest BCUT2D eigenvalue weighted by Gasteiger charge is -2.23. The number of ether oxygens (including phenoxy) is 2. The van der Waals surface area contributed by atoms with Crippen LogP contribution in [0.15, 0.2) is 72.3 Å². The van der Waals surface area contributed by atoms with Crippen molar-refractivity contribution < 1.29 is 24.2 Å². The predicted molar refractivity (Wildman–Crippen MR) is 144 cm³/mol. The molecule has 5 rings (SSSR count). The van der Waals surface area contributed by atoms with Crippen molar-refractivity contribution >= 4 is 44.1 Å². The molecular weight excluding hydrogens is 488 g/mol. The Morgan fingerprint density at radius 2 is 1.84 bits per heavy atom. The molecule has 0 spiro atoms. The van der Waals surface area contributed by atoms with E-state index >= 15 is 0 Å². The number of aliphatic hydroxyl groups is 1. The minimum absolute atomic E-state index is 0.00378. The van der Waals surface area contributed by atoms with E-state index in [9.17, 15) is 14.7 Å². The molecule has 0 aliphatic carbocycles. The third-order valence-corrected chi connectivity index (χ3v) is 7.21. The van der Waals surface area contributed by atoms with Crippen molar-refractivity contribution in [3.8, 4) is 11.5 Å². The van der Waals surface area contributed by atoms with E-state index in [-0.39, 0.29) is 11.3 Å². The number of rotatable bonds is 7. The first-order chi connectivity index (χ1) is 17.9. The number of ketones is 1. The van der Waals surface area contributed by atoms with Gasteiger partial charge in [0, 0.05) is 5.56 Å². The standard InChI is InChI=1S/C29H26N2O5S/c1-4-14-36-20-11-9-18(10-12-20)26(32)24-25(19-6-5-7-21(16-19)35-3)31(28(34)27(24)33)29-30-22-13-8-17(2)15-23(22)37-29/h5-13,15-16,25,32H,4,14H2,1-3H3/b26-24+. The first-order valence-electron chi connectivity index (χ1n) is 12.0. The number of nitrogens with zero attached hydrogens (tertiary/aromatic N) is 2. The zero-order valence-corrected chi connectivity index (χ0v) is 21.5. The summed E-state index contributed by atoms with van der Waals surface area (Å²) in [4.78, 5) is 32.9. The summed E-state index contributed by atoms with van der Waals surface area (Å²) in [6, 6.07) is 18.9. The Kier molecular flexibility index (Phi) is 6.67. The van der Waals surface area contributed by atoms with Crippen LogP contribution in [0.5, 0.6) is 11.5 Å². The van der Waals surface area contributed by atoms with Crippen LogP contribution in [-0.2, 0) is 9.59 Å². The van der Waals surface area contributed by atoms with Gasteiger partial charge in [0.1, 0.15) is 17.3 Å². The van der Waals surface area contributed by atoms with Crippen molar-refractivity contribution in [3.05, 3.63) is 89.0 Å². The van der Waals surface area contributed by atoms with Gasteiger partial charge in [-0.3, -0.25) is 14.5 Å². The molecule has 1 saturated heterocycles. The fraction of sp³-hybridized carbons (Fsp3) is 0.207. The number of hydrogen-bond donors (Lipinski definition) is 1. The maximum absolute atomic E-state index is 13.5. The Morgan fingerprint density at radius 3 is 2.57 bits per heavy atom. The number of amides is 1. The van der Waals surface area contributed by atoms with Crippen molar-refractivity contribution in [1.82, 2.24) is 4.98 Å². The van der Waals surface area contributed by atoms with E-state index in [0.717, 1.165) is 22.2 Å². The third kappa shape index (κ3) is 4.56. The molecule has 1 fully saturated rings. The Labute approximate surface area is 218 Å². The quantitative estimate of drug-likeness (QED) is 0.184. The summed E-state index contributed by atoms with van der Waals surface area (Å²) < 4.78 is 11.9. The van der Waals surface area contributed by atoms with E-state index in [0.29, 0.717) is 34.4 Å². The molecular formula is C29H26N2O5S. The molecule has 2 heterocycles. The van der Waals surface area contributed by atoms with Gasteiger partial charge in [0.05, 0.1) is 35.5 Å². The summed E-state index contributed by atoms with van der Waals surface area (Å²) in [5.41, 5.74) is 2.84. The SMILES string of the molecule is CCCOc1ccc(/C(O)=C2\C(=O)C(=O)N(c3nc4ccc(C)cc4s3)C2c2cccc(OC)c2)cc1. The number of Topliss-reactive ketones (excluding diaryl/α,β-unsaturated/α-hetero) is 1. The van der Waals surface area contributed by atoms with Crippen LogP contribution in [0.25, 0.3) is 16.0 Å². The Balaban J connectivity index is 1.66. The van der Waals surface area contributed by atoms with Crippen molar-refractivity contribution in [2.75, 3.05) is 18.6 Å². The molecule has 1 atom stereocenters. The number of anilines is 1. The van der Waals surface area contributed by atoms with E-state index in [2.05, 4.69) is 4.98 Å². The first-order valence-corrected chi connectivity index (χ1v) is 12.8. The minimum Gasteiger partial charge on any atom is -0.507 e. The average Bonchev–Trinajstić information content (AvgIpc) is 3.44. The Bertz CT molecular complexity index is 1520. The highest BCUT2D eigenvalue weighted by Gasteiger charge is 2.48. The van der Waals surface area contributed by atoms with Gasteiger partial charge in [-0.2, -0.15) is 0 Å². The van der Waals surface area contributed by atoms with Gasteiger partial charge in [-0.1, -0.05) is 36.5 Å². The maximum atomic E-state index is 13.5. The molecule has 0 bridgehead atoms. The number of carbonyl (C=O) groups excluding carboxylic acids is 2. The summed E-state index contributed by atoms with van der Waals surface area (Å²) in [6.07, 6.45) is 0.872. The molecule has 4 aromatic rings. The van der Waals surface area contributed by atoms with Gasteiger partial charge in [0.15, 0.2) is 5.13 Å². The number of aliphatic hydroxyl groups excluding tert-OH is 1. The van der Waals surface area contributed by atoms with E-state index in [4.69, 9.17) is 9.47 Å². The number of methoxy groups -OCH3 is 1. The number of carbonyl (C=O) groups is 2. The van der Waals surface area contributed by atoms with Gasteiger partial charge in [0.25, 0.3) is 5.78 Å². The Morgan fingerprint density at radius 1 is 1.05 bits per heavy atom. The van der Waals surface area contributed by atoms with Gasteiger partial charge in [0.2, 0.25) is 0 Å². The second-order valence-corrected chi connectivity index (χ2v) is 9.80. The van der Waals surface area contributed by atoms with Gasteiger partial charge in [-0.15, -0.1) is 0 Å². The van der Waals surface area contributed by atoms with Crippen LogP contribution in [0.3, 0.4) is 0 Å². The Hall–Kier alpha value is -4.17. The molecule has 1 amide bonds. The monoisotopic (exact) mass is 514 g/mol. The predicted octanol–water partition coefficient (Wildman–Crippen LogP) is 6.03. The molecule has 0 saturated carbocycles. The van der Waals surface area contributed by atoms with Crippen molar-refractivity contribution in [2.45, 2.75) is 26.3 Å². The number of fused-ring (bicyclic) bond motifs is 1. The number of hydrogen-bond acceptors (Lipinski definition) is 7. The lowest BCUT2D eigenvalue weighted by molar-refractivity contribution is -0.132. The van der Waals surface area contributed by atoms with Crippen LogP contribution in [0.4, 0.5) is 5.13 Å². The third-order valence-electron chi connectivity index (χ3n) is 6.19. The van der Waals surface area contributed by atoms with Gasteiger partial charge in [-0.25, -0.2) is 4.98 Å². The minimum atomic E-state index is -0.882. The topological polar surface area (TPSA) is 89.0 Å². The highest BCUT2D eigenvalue weighted by atomic mass is 32.1. The summed E-state index contributed by atoms with van der Waals surface area (Å²) in [5.74, 6) is -0.541. The lowest BCUT2D eigenvalue weighted by Crippen LogP contribution is -2.29. The van der Waals surface area contributed by atoms with Crippen LogP contribution in [0, 0.1) is 6.92 Å². The molecule has 1 aliphatic heterocycles. The van der Waals surface area contributed by atoms with Crippen LogP contribution in [0.1, 0.15) is 36.1 Å². The smallest absolute Gasteiger partial charge is 0.301 e. The van der Waals surface area contributed by atoms with Crippen LogP contribution in [0.2, 0.25) is 0 Å². The van der Waals surface area contributed by atoms with E-state index in [1.165, 1.54) is 16.2 Å². The molecule has 7 nitrogen and oxygen atoms in total. The van der Waals surface area contributed by atoms with Gasteiger partial charge >= 0.3 is 5.91 Å². The highest BCUT2D eigenvalue weighted by molar-refractivity contribution is 7.22. The molecule has 37 heavy (non-hydrogen) atoms. The molecule has 8 heteroatoms. The normalized spacial score (nSPS) is 16.9. The second-order valence-electron chi connectivity index (χ2n) is 8.79. The van der Waals surface area contributed by atoms with Crippen LogP contribution in [-0.4, -0.2) is 35.5 Å². The summed E-state index contributed by atoms with van der Waals surface area (Å²) in [6.45, 7) is 4.58. The number of aryl methyl sites for hydroxylation is 1. The number of benzene rings is 3. The molecule has 188 valence electrons. The van der Waals surface area contributed by atoms with Crippen molar-refractivity contribution in [1.29, 1.82) is 0 Å².